The molecule has 0 aliphatic rings. The molecule has 0 spiro atoms. The zero-order chi connectivity index (χ0) is 18.1. The summed E-state index contributed by atoms with van der Waals surface area (Å²) in [5.41, 5.74) is -0.265. The molecule has 0 saturated heterocycles. The molecule has 0 aliphatic carbocycles. The number of thioether (sulfide) groups is 1. The van der Waals surface area contributed by atoms with Gasteiger partial charge in [0.2, 0.25) is 11.1 Å². The molecule has 12 heteroatoms. The lowest BCUT2D eigenvalue weighted by Crippen LogP contribution is -2.25. The summed E-state index contributed by atoms with van der Waals surface area (Å²) in [6.45, 7) is 1.35. The van der Waals surface area contributed by atoms with Crippen LogP contribution < -0.4 is 11.2 Å². The predicted molar refractivity (Wildman–Crippen MR) is 75.5 cm³/mol. The van der Waals surface area contributed by atoms with E-state index in [0.29, 0.717) is 17.8 Å². The maximum absolute atomic E-state index is 13.5. The fraction of sp³-hybridized carbons (Fsp3) is 0.250. The van der Waals surface area contributed by atoms with E-state index in [4.69, 9.17) is 5.84 Å². The Hall–Kier alpha value is -2.37. The van der Waals surface area contributed by atoms with E-state index < -0.39 is 34.8 Å². The summed E-state index contributed by atoms with van der Waals surface area (Å²) in [4.78, 5) is 12.0. The van der Waals surface area contributed by atoms with Crippen LogP contribution in [0.5, 0.6) is 0 Å². The number of anilines is 1. The minimum absolute atomic E-state index is 0.215. The van der Waals surface area contributed by atoms with Gasteiger partial charge in [0.25, 0.3) is 5.82 Å². The molecule has 130 valence electrons. The van der Waals surface area contributed by atoms with Crippen LogP contribution in [-0.4, -0.2) is 26.0 Å². The third-order valence-electron chi connectivity index (χ3n) is 2.76. The second-order valence-corrected chi connectivity index (χ2v) is 5.86. The summed E-state index contributed by atoms with van der Waals surface area (Å²) >= 11 is 0.599. The van der Waals surface area contributed by atoms with Crippen molar-refractivity contribution in [1.29, 1.82) is 0 Å². The normalized spacial score (nSPS) is 12.9. The lowest BCUT2D eigenvalue weighted by atomic mass is 10.3. The largest absolute Gasteiger partial charge is 0.453 e. The highest BCUT2D eigenvalue weighted by Gasteiger charge is 2.38. The molecule has 6 nitrogen and oxygen atoms in total. The molecule has 0 saturated carbocycles. The van der Waals surface area contributed by atoms with Gasteiger partial charge in [0, 0.05) is 6.07 Å². The van der Waals surface area contributed by atoms with Gasteiger partial charge in [-0.1, -0.05) is 11.8 Å². The van der Waals surface area contributed by atoms with Crippen molar-refractivity contribution in [1.82, 2.24) is 14.9 Å². The highest BCUT2D eigenvalue weighted by Crippen LogP contribution is 2.30. The topological polar surface area (TPSA) is 85.8 Å². The van der Waals surface area contributed by atoms with Crippen molar-refractivity contribution in [3.63, 3.8) is 0 Å². The lowest BCUT2D eigenvalue weighted by molar-refractivity contribution is -0.146. The Balaban J connectivity index is 2.08. The van der Waals surface area contributed by atoms with E-state index in [1.54, 1.807) is 0 Å². The summed E-state index contributed by atoms with van der Waals surface area (Å²) in [5, 5.41) is 7.06. The monoisotopic (exact) mass is 367 g/mol. The van der Waals surface area contributed by atoms with Crippen LogP contribution in [0.3, 0.4) is 0 Å². The first-order chi connectivity index (χ1) is 11.1. The zero-order valence-electron chi connectivity index (χ0n) is 11.9. The van der Waals surface area contributed by atoms with Gasteiger partial charge in [-0.15, -0.1) is 10.2 Å². The lowest BCUT2D eigenvalue weighted by Gasteiger charge is -2.12. The van der Waals surface area contributed by atoms with Crippen molar-refractivity contribution in [2.75, 3.05) is 11.2 Å². The third-order valence-corrected chi connectivity index (χ3v) is 3.82. The van der Waals surface area contributed by atoms with Crippen molar-refractivity contribution >= 4 is 23.4 Å². The second kappa shape index (κ2) is 6.63. The number of nitrogens with two attached hydrogens (primary N) is 1. The van der Waals surface area contributed by atoms with Crippen LogP contribution >= 0.6 is 11.8 Å². The van der Waals surface area contributed by atoms with Gasteiger partial charge in [-0.2, -0.15) is 13.2 Å². The summed E-state index contributed by atoms with van der Waals surface area (Å²) < 4.78 is 64.2. The Bertz CT molecular complexity index is 763. The van der Waals surface area contributed by atoms with Gasteiger partial charge >= 0.3 is 6.18 Å². The Morgan fingerprint density at radius 2 is 2.00 bits per heavy atom. The van der Waals surface area contributed by atoms with Gasteiger partial charge in [0.05, 0.1) is 10.9 Å². The first-order valence-electron chi connectivity index (χ1n) is 6.30. The number of aromatic nitrogens is 3. The molecule has 1 unspecified atom stereocenters. The Kier molecular flexibility index (Phi) is 4.96. The number of benzene rings is 1. The Labute approximate surface area is 136 Å². The minimum atomic E-state index is -4.79. The fourth-order valence-electron chi connectivity index (χ4n) is 1.59. The van der Waals surface area contributed by atoms with Crippen LogP contribution in [0.2, 0.25) is 0 Å². The van der Waals surface area contributed by atoms with E-state index in [1.807, 2.05) is 0 Å². The number of nitrogens with one attached hydrogen (secondary N) is 1. The average Bonchev–Trinajstić information content (AvgIpc) is 2.83. The van der Waals surface area contributed by atoms with Gasteiger partial charge in [0.15, 0.2) is 0 Å². The van der Waals surface area contributed by atoms with Crippen LogP contribution in [0.4, 0.5) is 27.6 Å². The van der Waals surface area contributed by atoms with E-state index in [2.05, 4.69) is 15.5 Å². The molecule has 0 fully saturated rings. The molecule has 3 N–H and O–H groups in total. The van der Waals surface area contributed by atoms with Gasteiger partial charge in [-0.05, 0) is 19.1 Å². The molecule has 1 aromatic heterocycles. The molecule has 0 radical (unpaired) electrons. The molecule has 0 aliphatic heterocycles. The first-order valence-corrected chi connectivity index (χ1v) is 7.18. The number of rotatable bonds is 4. The van der Waals surface area contributed by atoms with E-state index >= 15 is 0 Å². The number of amides is 1. The molecular weight excluding hydrogens is 357 g/mol. The molecule has 24 heavy (non-hydrogen) atoms. The quantitative estimate of drug-likeness (QED) is 0.492. The summed E-state index contributed by atoms with van der Waals surface area (Å²) in [6, 6.07) is 2.55. The maximum Gasteiger partial charge on any atom is 0.453 e. The SMILES string of the molecule is CC(Sc1nnc(C(F)(F)F)n1N)C(=O)Nc1ccc(F)cc1F. The first kappa shape index (κ1) is 18.0. The number of alkyl halides is 3. The highest BCUT2D eigenvalue weighted by molar-refractivity contribution is 8.00. The molecule has 1 aromatic carbocycles. The van der Waals surface area contributed by atoms with Crippen LogP contribution in [0.1, 0.15) is 12.7 Å². The number of carbonyl (C=O) groups is 1. The molecular formula is C12H10F5N5OS. The molecule has 2 rings (SSSR count). The van der Waals surface area contributed by atoms with E-state index in [0.717, 1.165) is 12.1 Å². The zero-order valence-corrected chi connectivity index (χ0v) is 12.8. The summed E-state index contributed by atoms with van der Waals surface area (Å²) in [7, 11) is 0. The van der Waals surface area contributed by atoms with Crippen LogP contribution in [0.15, 0.2) is 23.4 Å². The molecule has 1 atom stereocenters. The third kappa shape index (κ3) is 3.93. The molecule has 1 amide bonds. The van der Waals surface area contributed by atoms with E-state index in [1.165, 1.54) is 6.92 Å². The van der Waals surface area contributed by atoms with Crippen LogP contribution in [0.25, 0.3) is 0 Å². The van der Waals surface area contributed by atoms with Crippen molar-refractivity contribution < 1.29 is 26.7 Å². The van der Waals surface area contributed by atoms with E-state index in [-0.39, 0.29) is 15.5 Å². The number of halogens is 5. The van der Waals surface area contributed by atoms with Crippen LogP contribution in [-0.2, 0) is 11.0 Å². The standard InChI is InChI=1S/C12H10F5N5OS/c1-5(9(23)19-8-3-2-6(13)4-7(8)14)24-11-21-20-10(22(11)18)12(15,16)17/h2-5H,18H2,1H3,(H,19,23). The number of nitrogens with zero attached hydrogens (tertiary/aromatic N) is 3. The highest BCUT2D eigenvalue weighted by atomic mass is 32.2. The second-order valence-electron chi connectivity index (χ2n) is 4.55. The number of nitrogen functional groups attached to an aromatic ring is 1. The van der Waals surface area contributed by atoms with Gasteiger partial charge in [0.1, 0.15) is 11.6 Å². The van der Waals surface area contributed by atoms with Crippen molar-refractivity contribution in [2.45, 2.75) is 23.5 Å². The number of hydrogen-bond donors (Lipinski definition) is 2. The summed E-state index contributed by atoms with van der Waals surface area (Å²) in [5.74, 6) is 1.30. The minimum Gasteiger partial charge on any atom is -0.335 e. The predicted octanol–water partition coefficient (Wildman–Crippen LogP) is 2.41. The average molecular weight is 367 g/mol. The van der Waals surface area contributed by atoms with Crippen LogP contribution in [0, 0.1) is 11.6 Å². The Morgan fingerprint density at radius 3 is 2.54 bits per heavy atom. The van der Waals surface area contributed by atoms with Gasteiger partial charge in [-0.25, -0.2) is 13.5 Å². The van der Waals surface area contributed by atoms with Crippen molar-refractivity contribution in [3.8, 4) is 0 Å². The number of carbonyl (C=O) groups excluding carboxylic acids is 1. The summed E-state index contributed by atoms with van der Waals surface area (Å²) in [6.07, 6.45) is -4.79. The van der Waals surface area contributed by atoms with Crippen molar-refractivity contribution in [2.24, 2.45) is 0 Å². The Morgan fingerprint density at radius 1 is 1.33 bits per heavy atom. The molecule has 2 aromatic rings. The van der Waals surface area contributed by atoms with E-state index in [9.17, 15) is 26.7 Å². The number of hydrogen-bond acceptors (Lipinski definition) is 5. The molecule has 1 heterocycles. The van der Waals surface area contributed by atoms with Crippen molar-refractivity contribution in [3.05, 3.63) is 35.7 Å². The van der Waals surface area contributed by atoms with Gasteiger partial charge < -0.3 is 11.2 Å². The molecule has 0 bridgehead atoms. The smallest absolute Gasteiger partial charge is 0.335 e. The maximum atomic E-state index is 13.5. The fourth-order valence-corrected chi connectivity index (χ4v) is 2.36. The van der Waals surface area contributed by atoms with Gasteiger partial charge in [-0.3, -0.25) is 4.79 Å².